The van der Waals surface area contributed by atoms with Crippen LogP contribution in [0.15, 0.2) is 39.9 Å². The minimum atomic E-state index is -0.170. The maximum Gasteiger partial charge on any atom is 0.258 e. The van der Waals surface area contributed by atoms with Crippen molar-refractivity contribution in [2.75, 3.05) is 0 Å². The first-order chi connectivity index (χ1) is 5.88. The normalized spacial score (nSPS) is 10.0. The van der Waals surface area contributed by atoms with Gasteiger partial charge in [0.1, 0.15) is 6.20 Å². The molecule has 2 heterocycles. The maximum absolute atomic E-state index is 11.2. The van der Waals surface area contributed by atoms with Gasteiger partial charge in [-0.3, -0.25) is 9.36 Å². The number of hydrogen-bond donors (Lipinski definition) is 0. The van der Waals surface area contributed by atoms with E-state index in [1.807, 2.05) is 0 Å². The van der Waals surface area contributed by atoms with E-state index in [1.165, 1.54) is 16.8 Å². The van der Waals surface area contributed by atoms with Crippen molar-refractivity contribution >= 4 is 0 Å². The summed E-state index contributed by atoms with van der Waals surface area (Å²) in [5.41, 5.74) is -0.170. The zero-order chi connectivity index (χ0) is 8.39. The highest BCUT2D eigenvalue weighted by atomic mass is 16.5. The SMILES string of the molecule is O=c1ccccn1-c1cnno1. The molecule has 2 aromatic rings. The molecule has 0 saturated heterocycles. The smallest absolute Gasteiger partial charge is 0.258 e. The van der Waals surface area contributed by atoms with Crippen LogP contribution in [0, 0.1) is 0 Å². The predicted octanol–water partition coefficient (Wildman–Crippen LogP) is 0.220. The molecule has 0 atom stereocenters. The van der Waals surface area contributed by atoms with Crippen LogP contribution in [0.25, 0.3) is 5.88 Å². The van der Waals surface area contributed by atoms with E-state index in [-0.39, 0.29) is 5.56 Å². The third-order valence-electron chi connectivity index (χ3n) is 1.41. The molecule has 0 aliphatic rings. The second-order valence-electron chi connectivity index (χ2n) is 2.16. The molecule has 5 nitrogen and oxygen atoms in total. The monoisotopic (exact) mass is 163 g/mol. The Hall–Kier alpha value is -1.91. The quantitative estimate of drug-likeness (QED) is 0.603. The van der Waals surface area contributed by atoms with Crippen molar-refractivity contribution in [1.29, 1.82) is 0 Å². The van der Waals surface area contributed by atoms with Gasteiger partial charge >= 0.3 is 0 Å². The lowest BCUT2D eigenvalue weighted by Crippen LogP contribution is -2.14. The molecule has 5 heteroatoms. The van der Waals surface area contributed by atoms with Gasteiger partial charge in [0.05, 0.1) is 0 Å². The first kappa shape index (κ1) is 6.78. The van der Waals surface area contributed by atoms with E-state index in [4.69, 9.17) is 4.52 Å². The van der Waals surface area contributed by atoms with Gasteiger partial charge in [-0.1, -0.05) is 6.07 Å². The lowest BCUT2D eigenvalue weighted by Gasteiger charge is -1.95. The van der Waals surface area contributed by atoms with Crippen molar-refractivity contribution in [2.45, 2.75) is 0 Å². The zero-order valence-electron chi connectivity index (χ0n) is 6.04. The second kappa shape index (κ2) is 2.61. The summed E-state index contributed by atoms with van der Waals surface area (Å²) in [6, 6.07) is 4.81. The fraction of sp³-hybridized carbons (Fsp3) is 0. The molecular weight excluding hydrogens is 158 g/mol. The van der Waals surface area contributed by atoms with Gasteiger partial charge in [-0.05, 0) is 6.07 Å². The Morgan fingerprint density at radius 1 is 1.42 bits per heavy atom. The molecule has 0 aliphatic heterocycles. The van der Waals surface area contributed by atoms with Gasteiger partial charge < -0.3 is 4.52 Å². The Kier molecular flexibility index (Phi) is 1.48. The molecule has 0 aromatic carbocycles. The van der Waals surface area contributed by atoms with Gasteiger partial charge in [0.25, 0.3) is 11.4 Å². The van der Waals surface area contributed by atoms with Crippen molar-refractivity contribution < 1.29 is 4.52 Å². The minimum Gasteiger partial charge on any atom is -0.318 e. The van der Waals surface area contributed by atoms with Crippen LogP contribution in [0.4, 0.5) is 0 Å². The van der Waals surface area contributed by atoms with E-state index < -0.39 is 0 Å². The highest BCUT2D eigenvalue weighted by Gasteiger charge is 2.00. The third-order valence-corrected chi connectivity index (χ3v) is 1.41. The largest absolute Gasteiger partial charge is 0.318 e. The van der Waals surface area contributed by atoms with Crippen molar-refractivity contribution in [2.24, 2.45) is 0 Å². The fourth-order valence-electron chi connectivity index (χ4n) is 0.878. The molecule has 0 unspecified atom stereocenters. The standard InChI is InChI=1S/C7H5N3O2/c11-6-3-1-2-4-10(6)7-5-8-9-12-7/h1-5H. The third kappa shape index (κ3) is 1.01. The van der Waals surface area contributed by atoms with Crippen molar-refractivity contribution in [3.05, 3.63) is 40.9 Å². The Labute approximate surface area is 67.2 Å². The summed E-state index contributed by atoms with van der Waals surface area (Å²) in [4.78, 5) is 11.2. The van der Waals surface area contributed by atoms with Gasteiger partial charge in [0.15, 0.2) is 0 Å². The van der Waals surface area contributed by atoms with Gasteiger partial charge in [-0.15, -0.1) is 5.10 Å². The number of hydrogen-bond acceptors (Lipinski definition) is 4. The topological polar surface area (TPSA) is 60.9 Å². The van der Waals surface area contributed by atoms with Gasteiger partial charge in [-0.2, -0.15) is 0 Å². The minimum absolute atomic E-state index is 0.170. The highest BCUT2D eigenvalue weighted by molar-refractivity contribution is 5.13. The Bertz CT molecular complexity index is 418. The van der Waals surface area contributed by atoms with Crippen molar-refractivity contribution in [1.82, 2.24) is 14.9 Å². The number of nitrogens with zero attached hydrogens (tertiary/aromatic N) is 3. The van der Waals surface area contributed by atoms with Crippen LogP contribution in [0.5, 0.6) is 0 Å². The Balaban J connectivity index is 2.63. The summed E-state index contributed by atoms with van der Waals surface area (Å²) >= 11 is 0. The molecule has 12 heavy (non-hydrogen) atoms. The molecule has 0 radical (unpaired) electrons. The first-order valence-corrected chi connectivity index (χ1v) is 3.33. The summed E-state index contributed by atoms with van der Waals surface area (Å²) in [5, 5.41) is 6.72. The molecule has 0 bridgehead atoms. The van der Waals surface area contributed by atoms with Crippen LogP contribution in [-0.4, -0.2) is 14.9 Å². The molecule has 0 aliphatic carbocycles. The lowest BCUT2D eigenvalue weighted by molar-refractivity contribution is 0.380. The van der Waals surface area contributed by atoms with E-state index in [0.29, 0.717) is 5.88 Å². The lowest BCUT2D eigenvalue weighted by atomic mass is 10.5. The van der Waals surface area contributed by atoms with Crippen LogP contribution in [0.1, 0.15) is 0 Å². The summed E-state index contributed by atoms with van der Waals surface area (Å²) in [5.74, 6) is 0.320. The molecule has 0 N–H and O–H groups in total. The zero-order valence-corrected chi connectivity index (χ0v) is 6.04. The summed E-state index contributed by atoms with van der Waals surface area (Å²) < 4.78 is 6.02. The fourth-order valence-corrected chi connectivity index (χ4v) is 0.878. The van der Waals surface area contributed by atoms with Gasteiger partial charge in [-0.25, -0.2) is 0 Å². The van der Waals surface area contributed by atoms with Crippen LogP contribution >= 0.6 is 0 Å². The molecule has 2 rings (SSSR count). The van der Waals surface area contributed by atoms with Crippen LogP contribution < -0.4 is 5.56 Å². The van der Waals surface area contributed by atoms with Gasteiger partial charge in [0, 0.05) is 17.5 Å². The van der Waals surface area contributed by atoms with E-state index in [0.717, 1.165) is 0 Å². The Morgan fingerprint density at radius 3 is 3.00 bits per heavy atom. The van der Waals surface area contributed by atoms with Crippen LogP contribution in [0.3, 0.4) is 0 Å². The van der Waals surface area contributed by atoms with Gasteiger partial charge in [0.2, 0.25) is 0 Å². The molecule has 0 saturated carbocycles. The number of pyridine rings is 1. The van der Waals surface area contributed by atoms with E-state index in [1.54, 1.807) is 18.3 Å². The predicted molar refractivity (Wildman–Crippen MR) is 39.9 cm³/mol. The highest BCUT2D eigenvalue weighted by Crippen LogP contribution is 1.98. The summed E-state index contributed by atoms with van der Waals surface area (Å²) in [6.45, 7) is 0. The summed E-state index contributed by atoms with van der Waals surface area (Å²) in [7, 11) is 0. The average molecular weight is 163 g/mol. The van der Waals surface area contributed by atoms with Crippen LogP contribution in [-0.2, 0) is 0 Å². The first-order valence-electron chi connectivity index (χ1n) is 3.33. The van der Waals surface area contributed by atoms with E-state index >= 15 is 0 Å². The second-order valence-corrected chi connectivity index (χ2v) is 2.16. The van der Waals surface area contributed by atoms with Crippen LogP contribution in [0.2, 0.25) is 0 Å². The van der Waals surface area contributed by atoms with Crippen molar-refractivity contribution in [3.63, 3.8) is 0 Å². The molecular formula is C7H5N3O2. The number of aromatic nitrogens is 3. The molecule has 0 fully saturated rings. The van der Waals surface area contributed by atoms with Crippen molar-refractivity contribution in [3.8, 4) is 5.88 Å². The van der Waals surface area contributed by atoms with E-state index in [2.05, 4.69) is 10.4 Å². The Morgan fingerprint density at radius 2 is 2.33 bits per heavy atom. The molecule has 2 aromatic heterocycles. The number of rotatable bonds is 1. The molecule has 0 amide bonds. The van der Waals surface area contributed by atoms with E-state index in [9.17, 15) is 4.79 Å². The molecule has 0 spiro atoms. The summed E-state index contributed by atoms with van der Waals surface area (Å²) in [6.07, 6.45) is 2.96. The molecule has 60 valence electrons. The maximum atomic E-state index is 11.2. The average Bonchev–Trinajstić information content (AvgIpc) is 2.57.